The summed E-state index contributed by atoms with van der Waals surface area (Å²) < 4.78 is 0.834. The van der Waals surface area contributed by atoms with E-state index in [1.165, 1.54) is 0 Å². The summed E-state index contributed by atoms with van der Waals surface area (Å²) >= 11 is 3.35. The van der Waals surface area contributed by atoms with Gasteiger partial charge in [-0.2, -0.15) is 0 Å². The number of carbonyl (C=O) groups excluding carboxylic acids is 1. The second kappa shape index (κ2) is 5.60. The SMILES string of the molecule is CC(C)(C)C(=O)Nc1cc(CCO)c(Br)cn1. The summed E-state index contributed by atoms with van der Waals surface area (Å²) in [6.07, 6.45) is 2.16. The zero-order valence-electron chi connectivity index (χ0n) is 10.2. The molecule has 0 aromatic carbocycles. The Morgan fingerprint density at radius 2 is 2.18 bits per heavy atom. The number of aliphatic hydroxyl groups excluding tert-OH is 1. The van der Waals surface area contributed by atoms with E-state index in [4.69, 9.17) is 5.11 Å². The van der Waals surface area contributed by atoms with Gasteiger partial charge in [-0.1, -0.05) is 20.8 Å². The van der Waals surface area contributed by atoms with Gasteiger partial charge in [-0.25, -0.2) is 4.98 Å². The number of nitrogens with one attached hydrogen (secondary N) is 1. The van der Waals surface area contributed by atoms with Crippen molar-refractivity contribution in [3.8, 4) is 0 Å². The molecule has 0 aliphatic heterocycles. The van der Waals surface area contributed by atoms with E-state index >= 15 is 0 Å². The molecule has 0 unspecified atom stereocenters. The number of carbonyl (C=O) groups is 1. The number of amides is 1. The van der Waals surface area contributed by atoms with Gasteiger partial charge in [0.1, 0.15) is 5.82 Å². The first-order chi connectivity index (χ1) is 7.84. The van der Waals surface area contributed by atoms with Crippen LogP contribution < -0.4 is 5.32 Å². The summed E-state index contributed by atoms with van der Waals surface area (Å²) in [7, 11) is 0. The predicted molar refractivity (Wildman–Crippen MR) is 70.8 cm³/mol. The zero-order valence-corrected chi connectivity index (χ0v) is 11.8. The molecule has 2 N–H and O–H groups in total. The molecule has 94 valence electrons. The Hall–Kier alpha value is -0.940. The molecule has 17 heavy (non-hydrogen) atoms. The number of aliphatic hydroxyl groups is 1. The summed E-state index contributed by atoms with van der Waals surface area (Å²) in [5, 5.41) is 11.7. The van der Waals surface area contributed by atoms with E-state index in [9.17, 15) is 4.79 Å². The third-order valence-corrected chi connectivity index (χ3v) is 2.95. The number of hydrogen-bond acceptors (Lipinski definition) is 3. The topological polar surface area (TPSA) is 62.2 Å². The number of halogens is 1. The largest absolute Gasteiger partial charge is 0.396 e. The Morgan fingerprint density at radius 3 is 2.71 bits per heavy atom. The van der Waals surface area contributed by atoms with Crippen LogP contribution >= 0.6 is 15.9 Å². The summed E-state index contributed by atoms with van der Waals surface area (Å²) in [4.78, 5) is 15.9. The fraction of sp³-hybridized carbons (Fsp3) is 0.500. The molecule has 5 heteroatoms. The Balaban J connectivity index is 2.86. The average molecular weight is 301 g/mol. The molecular formula is C12H17BrN2O2. The second-order valence-corrected chi connectivity index (χ2v) is 5.69. The molecule has 0 aliphatic carbocycles. The van der Waals surface area contributed by atoms with Crippen molar-refractivity contribution in [2.75, 3.05) is 11.9 Å². The van der Waals surface area contributed by atoms with Crippen molar-refractivity contribution in [1.82, 2.24) is 4.98 Å². The Morgan fingerprint density at radius 1 is 1.53 bits per heavy atom. The average Bonchev–Trinajstić information content (AvgIpc) is 2.22. The minimum Gasteiger partial charge on any atom is -0.396 e. The highest BCUT2D eigenvalue weighted by molar-refractivity contribution is 9.10. The fourth-order valence-corrected chi connectivity index (χ4v) is 1.58. The minimum atomic E-state index is -0.452. The van der Waals surface area contributed by atoms with Crippen molar-refractivity contribution >= 4 is 27.7 Å². The normalized spacial score (nSPS) is 11.4. The Labute approximate surface area is 110 Å². The van der Waals surface area contributed by atoms with Gasteiger partial charge in [-0.3, -0.25) is 4.79 Å². The van der Waals surface area contributed by atoms with E-state index in [0.29, 0.717) is 12.2 Å². The van der Waals surface area contributed by atoms with Crippen molar-refractivity contribution in [2.45, 2.75) is 27.2 Å². The third-order valence-electron chi connectivity index (χ3n) is 2.24. The van der Waals surface area contributed by atoms with Gasteiger partial charge >= 0.3 is 0 Å². The van der Waals surface area contributed by atoms with Crippen molar-refractivity contribution in [1.29, 1.82) is 0 Å². The molecule has 0 saturated heterocycles. The van der Waals surface area contributed by atoms with Gasteiger partial charge in [0.2, 0.25) is 5.91 Å². The highest BCUT2D eigenvalue weighted by Gasteiger charge is 2.21. The van der Waals surface area contributed by atoms with Crippen LogP contribution in [0.3, 0.4) is 0 Å². The lowest BCUT2D eigenvalue weighted by atomic mass is 9.96. The maximum atomic E-state index is 11.8. The molecule has 4 nitrogen and oxygen atoms in total. The van der Waals surface area contributed by atoms with Gasteiger partial charge in [0.15, 0.2) is 0 Å². The standard InChI is InChI=1S/C12H17BrN2O2/c1-12(2,3)11(17)15-10-6-8(4-5-16)9(13)7-14-10/h6-7,16H,4-5H2,1-3H3,(H,14,15,17). The molecular weight excluding hydrogens is 284 g/mol. The molecule has 1 amide bonds. The van der Waals surface area contributed by atoms with E-state index in [1.54, 1.807) is 12.3 Å². The number of anilines is 1. The molecule has 0 saturated carbocycles. The monoisotopic (exact) mass is 300 g/mol. The van der Waals surface area contributed by atoms with Gasteiger partial charge in [0.25, 0.3) is 0 Å². The smallest absolute Gasteiger partial charge is 0.230 e. The van der Waals surface area contributed by atoms with Crippen LogP contribution in [0, 0.1) is 5.41 Å². The molecule has 0 atom stereocenters. The van der Waals surface area contributed by atoms with Gasteiger partial charge < -0.3 is 10.4 Å². The lowest BCUT2D eigenvalue weighted by Crippen LogP contribution is -2.28. The van der Waals surface area contributed by atoms with Gasteiger partial charge in [-0.15, -0.1) is 0 Å². The molecule has 1 aromatic rings. The second-order valence-electron chi connectivity index (χ2n) is 4.84. The number of pyridine rings is 1. The number of nitrogens with zero attached hydrogens (tertiary/aromatic N) is 1. The summed E-state index contributed by atoms with van der Waals surface area (Å²) in [5.41, 5.74) is 0.470. The highest BCUT2D eigenvalue weighted by Crippen LogP contribution is 2.21. The minimum absolute atomic E-state index is 0.0648. The number of hydrogen-bond donors (Lipinski definition) is 2. The van der Waals surface area contributed by atoms with Crippen molar-refractivity contribution < 1.29 is 9.90 Å². The maximum Gasteiger partial charge on any atom is 0.230 e. The quantitative estimate of drug-likeness (QED) is 0.901. The predicted octanol–water partition coefficient (Wildman–Crippen LogP) is 2.36. The van der Waals surface area contributed by atoms with Gasteiger partial charge in [0.05, 0.1) is 0 Å². The molecule has 0 bridgehead atoms. The zero-order chi connectivity index (χ0) is 13.1. The third kappa shape index (κ3) is 4.09. The molecule has 1 aromatic heterocycles. The van der Waals surface area contributed by atoms with Crippen molar-refractivity contribution in [2.24, 2.45) is 5.41 Å². The first-order valence-electron chi connectivity index (χ1n) is 5.41. The first-order valence-corrected chi connectivity index (χ1v) is 6.20. The molecule has 0 radical (unpaired) electrons. The Kier molecular flexibility index (Phi) is 4.65. The fourth-order valence-electron chi connectivity index (χ4n) is 1.16. The van der Waals surface area contributed by atoms with Crippen LogP contribution in [-0.4, -0.2) is 22.6 Å². The molecule has 0 fully saturated rings. The van der Waals surface area contributed by atoms with Gasteiger partial charge in [0, 0.05) is 22.7 Å². The van der Waals surface area contributed by atoms with Crippen LogP contribution in [0.15, 0.2) is 16.7 Å². The van der Waals surface area contributed by atoms with Crippen LogP contribution in [0.25, 0.3) is 0 Å². The highest BCUT2D eigenvalue weighted by atomic mass is 79.9. The van der Waals surface area contributed by atoms with Crippen LogP contribution in [-0.2, 0) is 11.2 Å². The van der Waals surface area contributed by atoms with E-state index in [-0.39, 0.29) is 12.5 Å². The molecule has 1 heterocycles. The summed E-state index contributed by atoms with van der Waals surface area (Å²) in [5.74, 6) is 0.429. The van der Waals surface area contributed by atoms with Gasteiger partial charge in [-0.05, 0) is 34.0 Å². The summed E-state index contributed by atoms with van der Waals surface area (Å²) in [6.45, 7) is 5.59. The lowest BCUT2D eigenvalue weighted by molar-refractivity contribution is -0.123. The van der Waals surface area contributed by atoms with Crippen LogP contribution in [0.5, 0.6) is 0 Å². The van der Waals surface area contributed by atoms with Crippen LogP contribution in [0.1, 0.15) is 26.3 Å². The Bertz CT molecular complexity index is 413. The number of aromatic nitrogens is 1. The van der Waals surface area contributed by atoms with Crippen LogP contribution in [0.2, 0.25) is 0 Å². The maximum absolute atomic E-state index is 11.8. The molecule has 1 rings (SSSR count). The summed E-state index contributed by atoms with van der Waals surface area (Å²) in [6, 6.07) is 1.77. The van der Waals surface area contributed by atoms with Crippen LogP contribution in [0.4, 0.5) is 5.82 Å². The van der Waals surface area contributed by atoms with E-state index in [2.05, 4.69) is 26.2 Å². The number of rotatable bonds is 3. The van der Waals surface area contributed by atoms with E-state index in [1.807, 2.05) is 20.8 Å². The lowest BCUT2D eigenvalue weighted by Gasteiger charge is -2.17. The van der Waals surface area contributed by atoms with Crippen molar-refractivity contribution in [3.63, 3.8) is 0 Å². The van der Waals surface area contributed by atoms with Crippen molar-refractivity contribution in [3.05, 3.63) is 22.3 Å². The van der Waals surface area contributed by atoms with E-state index < -0.39 is 5.41 Å². The van der Waals surface area contributed by atoms with E-state index in [0.717, 1.165) is 10.0 Å². The molecule has 0 aliphatic rings. The molecule has 0 spiro atoms. The first kappa shape index (κ1) is 14.1.